The molecule has 0 heterocycles. The van der Waals surface area contributed by atoms with Crippen molar-refractivity contribution >= 4 is 73.7 Å². The monoisotopic (exact) mass is 956 g/mol. The molecule has 0 unspecified atom stereocenters. The number of alkyl halides is 2. The summed E-state index contributed by atoms with van der Waals surface area (Å²) in [7, 11) is 2.99. The average molecular weight is 960 g/mol. The molecule has 2 N–H and O–H groups in total. The van der Waals surface area contributed by atoms with E-state index < -0.39 is 11.6 Å². The molecule has 6 aromatic carbocycles. The van der Waals surface area contributed by atoms with Crippen LogP contribution in [0.25, 0.3) is 44.5 Å². The summed E-state index contributed by atoms with van der Waals surface area (Å²) in [6.45, 7) is 0. The van der Waals surface area contributed by atoms with Crippen LogP contribution in [-0.2, 0) is 0 Å². The molecule has 0 radical (unpaired) electrons. The first-order valence-electron chi connectivity index (χ1n) is 15.2. The molecule has 6 rings (SSSR count). The van der Waals surface area contributed by atoms with Gasteiger partial charge in [0.15, 0.2) is 0 Å². The minimum atomic E-state index is -0.518. The lowest BCUT2D eigenvalue weighted by Crippen LogP contribution is -1.96. The van der Waals surface area contributed by atoms with E-state index in [9.17, 15) is 27.8 Å². The molecule has 0 bridgehead atoms. The van der Waals surface area contributed by atoms with Crippen LogP contribution in [0, 0.1) is 23.3 Å². The van der Waals surface area contributed by atoms with E-state index in [4.69, 9.17) is 32.7 Å². The highest BCUT2D eigenvalue weighted by molar-refractivity contribution is 9.69. The molecular weight excluding hydrogens is 930 g/mol. The van der Waals surface area contributed by atoms with Crippen molar-refractivity contribution in [3.63, 3.8) is 0 Å². The predicted molar refractivity (Wildman–Crippen MR) is 220 cm³/mol. The van der Waals surface area contributed by atoms with Crippen molar-refractivity contribution in [3.05, 3.63) is 145 Å². The second-order valence-electron chi connectivity index (χ2n) is 10.4. The molecule has 276 valence electrons. The zero-order valence-corrected chi connectivity index (χ0v) is 34.2. The number of aromatic hydroxyl groups is 2. The van der Waals surface area contributed by atoms with Crippen molar-refractivity contribution in [1.82, 2.24) is 0 Å². The largest absolute Gasteiger partial charge is 0.507 e. The molecule has 0 aliphatic carbocycles. The number of hydrogen-bond acceptors (Lipinski definition) is 4. The summed E-state index contributed by atoms with van der Waals surface area (Å²) in [5.41, 5.74) is 2.51. The van der Waals surface area contributed by atoms with Crippen LogP contribution >= 0.6 is 70.5 Å². The maximum Gasteiger partial charge on any atom is 0.369 e. The standard InChI is InChI=1S/C20H16F2O2.C18H12F2O2.CH2Cl2.BBr3/c1-23-19-11-16(14-8-4-6-10-18(14)22)20(24-2)12-15(19)13-7-3-5-9-17(13)21;19-15-7-3-1-5-11(15)13-9-18(22)14(10-17(13)21)12-6-2-4-8-16(12)20;2-1-3;2-1(3)4/h3-12H,1-2H3;1-10,21-22H;1H2;. The maximum absolute atomic E-state index is 14.2. The average Bonchev–Trinajstić information content (AvgIpc) is 3.13. The lowest BCUT2D eigenvalue weighted by atomic mass is 9.97. The molecule has 0 saturated heterocycles. The topological polar surface area (TPSA) is 58.9 Å². The second-order valence-corrected chi connectivity index (χ2v) is 17.6. The Morgan fingerprint density at radius 1 is 0.472 bits per heavy atom. The van der Waals surface area contributed by atoms with Gasteiger partial charge in [-0.3, -0.25) is 0 Å². The van der Waals surface area contributed by atoms with Gasteiger partial charge in [-0.2, -0.15) is 0 Å². The maximum atomic E-state index is 14.2. The number of phenolic OH excluding ortho intramolecular Hbond substituents is 2. The molecular formula is C39H30BBr3Cl2F4O4. The molecule has 14 heteroatoms. The molecule has 0 aromatic heterocycles. The van der Waals surface area contributed by atoms with Gasteiger partial charge in [-0.05, 0) is 48.5 Å². The van der Waals surface area contributed by atoms with E-state index in [1.165, 1.54) is 74.9 Å². The first-order chi connectivity index (χ1) is 25.4. The summed E-state index contributed by atoms with van der Waals surface area (Å²) in [6.07, 6.45) is 0. The normalized spacial score (nSPS) is 10.0. The van der Waals surface area contributed by atoms with Crippen LogP contribution in [0.4, 0.5) is 17.6 Å². The summed E-state index contributed by atoms with van der Waals surface area (Å²) in [6, 6.07) is 30.4. The van der Waals surface area contributed by atoms with Crippen molar-refractivity contribution in [2.75, 3.05) is 19.6 Å². The number of ether oxygens (including phenoxy) is 2. The van der Waals surface area contributed by atoms with Gasteiger partial charge in [-0.25, -0.2) is 17.6 Å². The Labute approximate surface area is 340 Å². The van der Waals surface area contributed by atoms with Gasteiger partial charge in [-0.1, -0.05) is 72.8 Å². The smallest absolute Gasteiger partial charge is 0.369 e. The van der Waals surface area contributed by atoms with E-state index in [1.54, 1.807) is 60.7 Å². The minimum Gasteiger partial charge on any atom is -0.507 e. The fourth-order valence-electron chi connectivity index (χ4n) is 5.05. The van der Waals surface area contributed by atoms with Gasteiger partial charge < -0.3 is 19.7 Å². The second kappa shape index (κ2) is 21.9. The Bertz CT molecular complexity index is 1960. The molecule has 53 heavy (non-hydrogen) atoms. The summed E-state index contributed by atoms with van der Waals surface area (Å²) >= 11 is 18.8. The van der Waals surface area contributed by atoms with Crippen LogP contribution in [0.15, 0.2) is 121 Å². The van der Waals surface area contributed by atoms with Crippen LogP contribution in [0.1, 0.15) is 0 Å². The van der Waals surface area contributed by atoms with Crippen molar-refractivity contribution < 1.29 is 37.2 Å². The number of phenols is 2. The van der Waals surface area contributed by atoms with E-state index in [-0.39, 0.29) is 53.9 Å². The van der Waals surface area contributed by atoms with Gasteiger partial charge in [0.1, 0.15) is 46.3 Å². The first kappa shape index (κ1) is 43.7. The van der Waals surface area contributed by atoms with E-state index in [0.29, 0.717) is 33.8 Å². The van der Waals surface area contributed by atoms with Crippen LogP contribution in [0.2, 0.25) is 0 Å². The zero-order chi connectivity index (χ0) is 39.1. The summed E-state index contributed by atoms with van der Waals surface area (Å²) in [5.74, 6) is -1.35. The lowest BCUT2D eigenvalue weighted by Gasteiger charge is -2.16. The van der Waals surface area contributed by atoms with E-state index in [1.807, 2.05) is 0 Å². The number of hydrogen-bond donors (Lipinski definition) is 2. The predicted octanol–water partition coefficient (Wildman–Crippen LogP) is 13.6. The highest BCUT2D eigenvalue weighted by Crippen LogP contribution is 2.43. The van der Waals surface area contributed by atoms with Gasteiger partial charge in [0, 0.05) is 44.5 Å². The third-order valence-corrected chi connectivity index (χ3v) is 7.29. The Morgan fingerprint density at radius 2 is 0.698 bits per heavy atom. The van der Waals surface area contributed by atoms with E-state index in [2.05, 4.69) is 47.3 Å². The molecule has 0 amide bonds. The van der Waals surface area contributed by atoms with Gasteiger partial charge in [0.05, 0.1) is 19.6 Å². The van der Waals surface area contributed by atoms with Crippen molar-refractivity contribution in [3.8, 4) is 67.5 Å². The third-order valence-electron chi connectivity index (χ3n) is 7.29. The number of benzene rings is 6. The highest BCUT2D eigenvalue weighted by atomic mass is 79.9. The molecule has 0 atom stereocenters. The molecule has 0 saturated carbocycles. The van der Waals surface area contributed by atoms with Gasteiger partial charge in [-0.15, -0.1) is 70.5 Å². The number of halogens is 9. The Kier molecular flexibility index (Phi) is 18.1. The summed E-state index contributed by atoms with van der Waals surface area (Å²) in [4.78, 5) is 0. The van der Waals surface area contributed by atoms with Crippen molar-refractivity contribution in [1.29, 1.82) is 0 Å². The molecule has 6 aromatic rings. The lowest BCUT2D eigenvalue weighted by molar-refractivity contribution is 0.405. The molecule has 0 spiro atoms. The van der Waals surface area contributed by atoms with E-state index in [0.717, 1.165) is 0 Å². The Balaban J connectivity index is 0.000000244. The number of rotatable bonds is 6. The zero-order valence-electron chi connectivity index (χ0n) is 27.9. The fourth-order valence-corrected chi connectivity index (χ4v) is 5.05. The van der Waals surface area contributed by atoms with Crippen LogP contribution in [-0.4, -0.2) is 33.0 Å². The summed E-state index contributed by atoms with van der Waals surface area (Å²) < 4.78 is 67.1. The van der Waals surface area contributed by atoms with Gasteiger partial charge >= 0.3 is 3.18 Å². The minimum absolute atomic E-state index is 0.149. The molecule has 4 nitrogen and oxygen atoms in total. The van der Waals surface area contributed by atoms with Crippen LogP contribution in [0.5, 0.6) is 23.0 Å². The Morgan fingerprint density at radius 3 is 0.925 bits per heavy atom. The SMILES string of the molecule is BrB(Br)Br.COc1cc(-c2ccccc2F)c(OC)cc1-c1ccccc1F.ClCCl.Oc1cc(-c2ccccc2F)c(O)cc1-c1ccccc1F. The van der Waals surface area contributed by atoms with Crippen LogP contribution < -0.4 is 9.47 Å². The quantitative estimate of drug-likeness (QED) is 0.0756. The van der Waals surface area contributed by atoms with E-state index >= 15 is 0 Å². The summed E-state index contributed by atoms with van der Waals surface area (Å²) in [5, 5.41) is 20.5. The first-order valence-corrected chi connectivity index (χ1v) is 19.1. The fraction of sp³-hybridized carbons (Fsp3) is 0.0769. The third kappa shape index (κ3) is 12.2. The van der Waals surface area contributed by atoms with Gasteiger partial charge in [0.2, 0.25) is 0 Å². The highest BCUT2D eigenvalue weighted by Gasteiger charge is 2.19. The van der Waals surface area contributed by atoms with Crippen molar-refractivity contribution in [2.45, 2.75) is 0 Å². The molecule has 0 aliphatic heterocycles. The Hall–Kier alpha value is -3.68. The van der Waals surface area contributed by atoms with Crippen LogP contribution in [0.3, 0.4) is 0 Å². The van der Waals surface area contributed by atoms with Gasteiger partial charge in [0.25, 0.3) is 0 Å². The molecule has 0 fully saturated rings. The van der Waals surface area contributed by atoms with Crippen molar-refractivity contribution in [2.24, 2.45) is 0 Å². The molecule has 0 aliphatic rings. The number of methoxy groups -OCH3 is 2.